The summed E-state index contributed by atoms with van der Waals surface area (Å²) >= 11 is 0. The number of likely N-dealkylation sites (tertiary alicyclic amines) is 1. The van der Waals surface area contributed by atoms with Gasteiger partial charge in [-0.25, -0.2) is 0 Å². The first-order valence-electron chi connectivity index (χ1n) is 15.9. The van der Waals surface area contributed by atoms with Crippen LogP contribution in [0.1, 0.15) is 64.1 Å². The van der Waals surface area contributed by atoms with Gasteiger partial charge < -0.3 is 35.4 Å². The molecular weight excluding hydrogens is 600 g/mol. The Balaban J connectivity index is 1.11. The van der Waals surface area contributed by atoms with Crippen LogP contribution in [0.25, 0.3) is 10.9 Å². The Bertz CT molecular complexity index is 1780. The molecule has 11 heteroatoms. The van der Waals surface area contributed by atoms with E-state index in [0.717, 1.165) is 5.56 Å². The van der Waals surface area contributed by atoms with E-state index in [0.29, 0.717) is 74.1 Å². The molecule has 47 heavy (non-hydrogen) atoms. The molecule has 246 valence electrons. The largest absolute Gasteiger partial charge is 0.506 e. The van der Waals surface area contributed by atoms with Crippen molar-refractivity contribution in [2.75, 3.05) is 39.3 Å². The molecule has 11 nitrogen and oxygen atoms in total. The second-order valence-corrected chi connectivity index (χ2v) is 11.9. The quantitative estimate of drug-likeness (QED) is 0.147. The van der Waals surface area contributed by atoms with Gasteiger partial charge in [-0.05, 0) is 80.3 Å². The fourth-order valence-corrected chi connectivity index (χ4v) is 6.29. The number of carbonyl (C=O) groups is 3. The summed E-state index contributed by atoms with van der Waals surface area (Å²) in [4.78, 5) is 56.4. The number of aliphatic carboxylic acids is 1. The average Bonchev–Trinajstić information content (AvgIpc) is 3.10. The average molecular weight is 641 g/mol. The van der Waals surface area contributed by atoms with E-state index < -0.39 is 17.5 Å². The highest BCUT2D eigenvalue weighted by molar-refractivity contribution is 5.98. The summed E-state index contributed by atoms with van der Waals surface area (Å²) in [5.74, 6) is -1.29. The topological polar surface area (TPSA) is 163 Å². The number of H-pyrrole nitrogens is 1. The zero-order chi connectivity index (χ0) is 33.6. The Kier molecular flexibility index (Phi) is 10.4. The number of phenolic OH excluding ortho intramolecular Hbond substituents is 1. The van der Waals surface area contributed by atoms with Crippen molar-refractivity contribution in [1.82, 2.24) is 20.1 Å². The number of carboxylic acids is 1. The molecular formula is C36H40N4O7. The van der Waals surface area contributed by atoms with Gasteiger partial charge in [-0.15, -0.1) is 0 Å². The van der Waals surface area contributed by atoms with Gasteiger partial charge in [0.15, 0.2) is 0 Å². The van der Waals surface area contributed by atoms with Gasteiger partial charge >= 0.3 is 5.97 Å². The van der Waals surface area contributed by atoms with Crippen molar-refractivity contribution in [1.29, 1.82) is 0 Å². The number of benzene rings is 3. The molecule has 1 unspecified atom stereocenters. The third-order valence-corrected chi connectivity index (χ3v) is 9.07. The van der Waals surface area contributed by atoms with Crippen molar-refractivity contribution < 1.29 is 29.7 Å². The fraction of sp³-hybridized carbons (Fsp3) is 0.333. The fourth-order valence-electron chi connectivity index (χ4n) is 6.29. The molecule has 0 radical (unpaired) electrons. The minimum absolute atomic E-state index is 0.0677. The minimum Gasteiger partial charge on any atom is -0.506 e. The van der Waals surface area contributed by atoms with Gasteiger partial charge in [0.2, 0.25) is 5.56 Å². The Labute approximate surface area is 272 Å². The Morgan fingerprint density at radius 2 is 1.64 bits per heavy atom. The number of carbonyl (C=O) groups excluding carboxylic acids is 2. The number of aliphatic hydroxyl groups is 1. The van der Waals surface area contributed by atoms with E-state index >= 15 is 0 Å². The summed E-state index contributed by atoms with van der Waals surface area (Å²) in [6.45, 7) is 4.32. The Hall–Kier alpha value is -5.00. The van der Waals surface area contributed by atoms with E-state index in [1.807, 2.05) is 37.3 Å². The van der Waals surface area contributed by atoms with Gasteiger partial charge in [0, 0.05) is 55.3 Å². The summed E-state index contributed by atoms with van der Waals surface area (Å²) in [6, 6.07) is 21.7. The number of pyridine rings is 1. The van der Waals surface area contributed by atoms with E-state index in [-0.39, 0.29) is 35.2 Å². The molecule has 0 saturated carbocycles. The number of hydrogen-bond acceptors (Lipinski definition) is 7. The van der Waals surface area contributed by atoms with Crippen molar-refractivity contribution in [3.63, 3.8) is 0 Å². The van der Waals surface area contributed by atoms with Crippen LogP contribution in [0.2, 0.25) is 0 Å². The number of nitrogens with zero attached hydrogens (tertiary/aromatic N) is 2. The molecule has 1 atom stereocenters. The van der Waals surface area contributed by atoms with Gasteiger partial charge in [-0.2, -0.15) is 0 Å². The highest BCUT2D eigenvalue weighted by Crippen LogP contribution is 2.36. The van der Waals surface area contributed by atoms with Crippen LogP contribution in [0.5, 0.6) is 5.75 Å². The molecule has 1 aliphatic rings. The summed E-state index contributed by atoms with van der Waals surface area (Å²) in [7, 11) is 0. The monoisotopic (exact) mass is 640 g/mol. The van der Waals surface area contributed by atoms with Gasteiger partial charge in [0.05, 0.1) is 17.0 Å². The molecule has 0 bridgehead atoms. The first kappa shape index (κ1) is 33.4. The molecule has 5 rings (SSSR count). The Morgan fingerprint density at radius 1 is 0.957 bits per heavy atom. The van der Waals surface area contributed by atoms with Crippen molar-refractivity contribution in [3.8, 4) is 5.75 Å². The van der Waals surface area contributed by atoms with E-state index in [9.17, 15) is 34.5 Å². The summed E-state index contributed by atoms with van der Waals surface area (Å²) in [5.41, 5.74) is 1.16. The first-order chi connectivity index (χ1) is 22.6. The van der Waals surface area contributed by atoms with Gasteiger partial charge in [-0.1, -0.05) is 36.4 Å². The molecule has 0 aliphatic carbocycles. The van der Waals surface area contributed by atoms with Gasteiger partial charge in [-0.3, -0.25) is 19.2 Å². The minimum atomic E-state index is -1.02. The van der Waals surface area contributed by atoms with Crippen LogP contribution >= 0.6 is 0 Å². The molecule has 2 heterocycles. The van der Waals surface area contributed by atoms with Crippen LogP contribution in [0.15, 0.2) is 83.7 Å². The normalized spacial score (nSPS) is 14.9. The molecule has 5 N–H and O–H groups in total. The van der Waals surface area contributed by atoms with E-state index in [1.165, 1.54) is 12.1 Å². The van der Waals surface area contributed by atoms with Gasteiger partial charge in [0.25, 0.3) is 11.8 Å². The second-order valence-electron chi connectivity index (χ2n) is 11.9. The number of hydrogen-bond donors (Lipinski definition) is 5. The van der Waals surface area contributed by atoms with E-state index in [4.69, 9.17) is 0 Å². The number of aromatic nitrogens is 1. The lowest BCUT2D eigenvalue weighted by atomic mass is 9.73. The maximum absolute atomic E-state index is 13.3. The lowest BCUT2D eigenvalue weighted by Crippen LogP contribution is -2.49. The van der Waals surface area contributed by atoms with Crippen LogP contribution < -0.4 is 10.9 Å². The lowest BCUT2D eigenvalue weighted by Gasteiger charge is -2.39. The molecule has 1 saturated heterocycles. The summed E-state index contributed by atoms with van der Waals surface area (Å²) in [6.07, 6.45) is 0.415. The smallest absolute Gasteiger partial charge is 0.314 e. The van der Waals surface area contributed by atoms with Crippen LogP contribution in [-0.4, -0.2) is 87.2 Å². The third kappa shape index (κ3) is 7.21. The number of aromatic hydroxyl groups is 1. The van der Waals surface area contributed by atoms with Crippen molar-refractivity contribution in [3.05, 3.63) is 111 Å². The lowest BCUT2D eigenvalue weighted by molar-refractivity contribution is -0.145. The number of fused-ring (bicyclic) bond motifs is 1. The van der Waals surface area contributed by atoms with E-state index in [1.54, 1.807) is 46.2 Å². The van der Waals surface area contributed by atoms with Crippen LogP contribution in [0, 0.1) is 0 Å². The maximum Gasteiger partial charge on any atom is 0.314 e. The van der Waals surface area contributed by atoms with E-state index in [2.05, 4.69) is 10.3 Å². The molecule has 1 fully saturated rings. The predicted octanol–water partition coefficient (Wildman–Crippen LogP) is 3.67. The number of aromatic amines is 1. The molecule has 0 spiro atoms. The van der Waals surface area contributed by atoms with Crippen molar-refractivity contribution >= 4 is 28.7 Å². The summed E-state index contributed by atoms with van der Waals surface area (Å²) < 4.78 is 0. The number of aliphatic hydroxyl groups excluding tert-OH is 1. The van der Waals surface area contributed by atoms with Crippen LogP contribution in [0.3, 0.4) is 0 Å². The van der Waals surface area contributed by atoms with Gasteiger partial charge in [0.1, 0.15) is 5.75 Å². The number of piperidine rings is 1. The van der Waals surface area contributed by atoms with Crippen LogP contribution in [-0.2, 0) is 10.2 Å². The number of amides is 2. The zero-order valence-corrected chi connectivity index (χ0v) is 26.3. The molecule has 4 aromatic rings. The van der Waals surface area contributed by atoms with Crippen molar-refractivity contribution in [2.24, 2.45) is 0 Å². The number of nitrogens with one attached hydrogen (secondary N) is 2. The SMILES string of the molecule is CCN(CCCNCC(O)c1ccc(O)c2[nH]c(=O)ccc12)C(=O)c1ccc(C(=O)N2CCC(C(=O)O)(c3ccccc3)CC2)cc1. The highest BCUT2D eigenvalue weighted by atomic mass is 16.4. The molecule has 1 aliphatic heterocycles. The maximum atomic E-state index is 13.3. The molecule has 3 aromatic carbocycles. The highest BCUT2D eigenvalue weighted by Gasteiger charge is 2.44. The predicted molar refractivity (Wildman–Crippen MR) is 178 cm³/mol. The first-order valence-corrected chi connectivity index (χ1v) is 15.9. The van der Waals surface area contributed by atoms with Crippen LogP contribution in [0.4, 0.5) is 0 Å². The standard InChI is InChI=1S/C36H40N4O7/c1-2-39(20-6-19-37-23-30(42)27-13-15-29(41)32-28(27)14-16-31(43)38-32)33(44)24-9-11-25(12-10-24)34(45)40-21-17-36(18-22-40,35(46)47)26-7-4-3-5-8-26/h3-5,7-16,30,37,41-42H,2,6,17-23H2,1H3,(H,38,43)(H,46,47). The zero-order valence-electron chi connectivity index (χ0n) is 26.3. The molecule has 1 aromatic heterocycles. The Morgan fingerprint density at radius 3 is 2.30 bits per heavy atom. The number of carboxylic acid groups (broad SMARTS) is 1. The van der Waals surface area contributed by atoms with Crippen molar-refractivity contribution in [2.45, 2.75) is 37.7 Å². The number of phenols is 1. The second kappa shape index (κ2) is 14.6. The summed E-state index contributed by atoms with van der Waals surface area (Å²) in [5, 5.41) is 34.7. The molecule has 2 amide bonds. The number of rotatable bonds is 12. The third-order valence-electron chi connectivity index (χ3n) is 9.07.